The molecule has 0 radical (unpaired) electrons. The average Bonchev–Trinajstić information content (AvgIpc) is 3.03. The van der Waals surface area contributed by atoms with Crippen LogP contribution in [0.25, 0.3) is 0 Å². The van der Waals surface area contributed by atoms with Gasteiger partial charge in [0.15, 0.2) is 0 Å². The van der Waals surface area contributed by atoms with E-state index in [1.165, 1.54) is 32.1 Å². The van der Waals surface area contributed by atoms with E-state index in [-0.39, 0.29) is 6.16 Å². The topological polar surface area (TPSA) is 66.3 Å². The second kappa shape index (κ2) is 12.7. The van der Waals surface area contributed by atoms with Crippen molar-refractivity contribution in [2.24, 2.45) is 0 Å². The summed E-state index contributed by atoms with van der Waals surface area (Å²) in [6.45, 7) is 7.19. The van der Waals surface area contributed by atoms with Crippen LogP contribution in [0.15, 0.2) is 18.7 Å². The van der Waals surface area contributed by atoms with Crippen LogP contribution in [0.2, 0.25) is 0 Å². The summed E-state index contributed by atoms with van der Waals surface area (Å²) in [5, 5.41) is 0. The maximum Gasteiger partial charge on any atom is 0.673 e. The Morgan fingerprint density at radius 2 is 1.50 bits per heavy atom. The highest BCUT2D eigenvalue weighted by atomic mass is 31.2. The molecule has 2 N–H and O–H groups in total. The van der Waals surface area contributed by atoms with Crippen LogP contribution in [0.3, 0.4) is 0 Å². The zero-order chi connectivity index (χ0) is 21.8. The first-order chi connectivity index (χ1) is 12.9. The van der Waals surface area contributed by atoms with Crippen LogP contribution < -0.4 is 4.57 Å². The summed E-state index contributed by atoms with van der Waals surface area (Å²) in [4.78, 5) is 18.8. The van der Waals surface area contributed by atoms with E-state index < -0.39 is 20.4 Å². The monoisotopic (exact) mass is 432 g/mol. The highest BCUT2D eigenvalue weighted by Gasteiger charge is 2.39. The predicted octanol–water partition coefficient (Wildman–Crippen LogP) is 5.13. The van der Waals surface area contributed by atoms with Crippen molar-refractivity contribution in [1.29, 1.82) is 0 Å². The summed E-state index contributed by atoms with van der Waals surface area (Å²) in [7, 11) is -10.0. The lowest BCUT2D eigenvalue weighted by molar-refractivity contribution is -0.697. The predicted molar refractivity (Wildman–Crippen MR) is 104 cm³/mol. The third kappa shape index (κ3) is 12.6. The van der Waals surface area contributed by atoms with Gasteiger partial charge in [0.1, 0.15) is 17.9 Å². The molecule has 0 amide bonds. The van der Waals surface area contributed by atoms with Gasteiger partial charge < -0.3 is 27.0 Å². The standard InChI is InChI=1S/C17H33N2O3P.BF4/c1-4-7-8-9-10-11-12-18-13-14-19(16-18)17(5-2,6-3)15-23(20,21)22;2-1(3,4)5/h13-14,16H,4-12,15H2,1-3H3,(H-,20,21,22);/q;-1/p+1. The Morgan fingerprint density at radius 1 is 1.00 bits per heavy atom. The fourth-order valence-corrected chi connectivity index (χ4v) is 4.56. The Labute approximate surface area is 165 Å². The van der Waals surface area contributed by atoms with E-state index in [9.17, 15) is 31.6 Å². The Bertz CT molecular complexity index is 583. The number of aromatic nitrogens is 2. The molecule has 0 saturated heterocycles. The van der Waals surface area contributed by atoms with Gasteiger partial charge in [-0.3, -0.25) is 4.57 Å². The minimum Gasteiger partial charge on any atom is -0.418 e. The molecule has 1 heterocycles. The van der Waals surface area contributed by atoms with Gasteiger partial charge in [0.05, 0.1) is 12.7 Å². The molecular formula is C17H34BF4N2O3P. The van der Waals surface area contributed by atoms with Crippen molar-refractivity contribution in [2.45, 2.75) is 84.2 Å². The van der Waals surface area contributed by atoms with Crippen molar-refractivity contribution in [1.82, 2.24) is 4.57 Å². The Kier molecular flexibility index (Phi) is 12.3. The molecule has 0 atom stereocenters. The van der Waals surface area contributed by atoms with E-state index in [1.54, 1.807) is 0 Å². The third-order valence-electron chi connectivity index (χ3n) is 4.83. The summed E-state index contributed by atoms with van der Waals surface area (Å²) in [5.41, 5.74) is -0.495. The Morgan fingerprint density at radius 3 is 1.96 bits per heavy atom. The van der Waals surface area contributed by atoms with E-state index in [2.05, 4.69) is 11.5 Å². The van der Waals surface area contributed by atoms with Crippen molar-refractivity contribution in [3.05, 3.63) is 18.7 Å². The van der Waals surface area contributed by atoms with Crippen molar-refractivity contribution < 1.29 is 36.2 Å². The van der Waals surface area contributed by atoms with Crippen molar-refractivity contribution in [3.63, 3.8) is 0 Å². The minimum atomic E-state index is -6.00. The zero-order valence-corrected chi connectivity index (χ0v) is 17.9. The van der Waals surface area contributed by atoms with Gasteiger partial charge in [0.2, 0.25) is 6.33 Å². The van der Waals surface area contributed by atoms with Gasteiger partial charge in [-0.2, -0.15) is 0 Å². The normalized spacial score (nSPS) is 12.6. The molecule has 0 saturated carbocycles. The van der Waals surface area contributed by atoms with Crippen LogP contribution in [-0.2, 0) is 16.6 Å². The van der Waals surface area contributed by atoms with E-state index in [0.29, 0.717) is 12.8 Å². The van der Waals surface area contributed by atoms with Gasteiger partial charge in [-0.1, -0.05) is 46.5 Å². The van der Waals surface area contributed by atoms with Crippen molar-refractivity contribution in [3.8, 4) is 0 Å². The van der Waals surface area contributed by atoms with Crippen LogP contribution in [-0.4, -0.2) is 27.8 Å². The zero-order valence-electron chi connectivity index (χ0n) is 17.0. The number of nitrogens with zero attached hydrogens (tertiary/aromatic N) is 2. The number of halogens is 4. The lowest BCUT2D eigenvalue weighted by Gasteiger charge is -2.28. The number of aryl methyl sites for hydroxylation is 1. The number of rotatable bonds is 12. The first-order valence-corrected chi connectivity index (χ1v) is 11.7. The third-order valence-corrected chi connectivity index (χ3v) is 5.83. The molecular weight excluding hydrogens is 398 g/mol. The van der Waals surface area contributed by atoms with Gasteiger partial charge in [0.25, 0.3) is 0 Å². The highest BCUT2D eigenvalue weighted by molar-refractivity contribution is 7.51. The smallest absolute Gasteiger partial charge is 0.418 e. The SMILES string of the molecule is CCCCCCCC[n+]1ccn(C(CC)(CC)CP(=O)(O)O)c1.F[B-](F)(F)F. The van der Waals surface area contributed by atoms with E-state index in [1.807, 2.05) is 37.1 Å². The number of hydrogen-bond acceptors (Lipinski definition) is 1. The fourth-order valence-electron chi connectivity index (χ4n) is 3.19. The molecule has 0 fully saturated rings. The first-order valence-electron chi connectivity index (χ1n) is 9.86. The molecule has 1 aromatic rings. The molecule has 0 bridgehead atoms. The molecule has 0 aliphatic rings. The molecule has 0 aliphatic heterocycles. The summed E-state index contributed by atoms with van der Waals surface area (Å²) >= 11 is 0. The van der Waals surface area contributed by atoms with Gasteiger partial charge >= 0.3 is 14.9 Å². The van der Waals surface area contributed by atoms with Gasteiger partial charge in [-0.05, 0) is 25.7 Å². The minimum absolute atomic E-state index is 0.0985. The first kappa shape index (κ1) is 27.1. The molecule has 0 aliphatic carbocycles. The quantitative estimate of drug-likeness (QED) is 0.158. The summed E-state index contributed by atoms with van der Waals surface area (Å²) in [6, 6.07) is 0. The second-order valence-corrected chi connectivity index (χ2v) is 8.72. The molecule has 166 valence electrons. The van der Waals surface area contributed by atoms with E-state index in [0.717, 1.165) is 13.0 Å². The van der Waals surface area contributed by atoms with Crippen LogP contribution in [0.5, 0.6) is 0 Å². The van der Waals surface area contributed by atoms with Gasteiger partial charge in [0, 0.05) is 0 Å². The molecule has 0 aromatic carbocycles. The van der Waals surface area contributed by atoms with Crippen LogP contribution >= 0.6 is 7.60 Å². The molecule has 1 rings (SSSR count). The Hall–Kier alpha value is -0.855. The van der Waals surface area contributed by atoms with Crippen molar-refractivity contribution >= 4 is 14.9 Å². The molecule has 0 spiro atoms. The number of unbranched alkanes of at least 4 members (excludes halogenated alkanes) is 5. The van der Waals surface area contributed by atoms with E-state index >= 15 is 0 Å². The van der Waals surface area contributed by atoms with Crippen LogP contribution in [0.4, 0.5) is 17.3 Å². The second-order valence-electron chi connectivity index (χ2n) is 7.08. The molecule has 0 unspecified atom stereocenters. The molecule has 5 nitrogen and oxygen atoms in total. The number of hydrogen-bond donors (Lipinski definition) is 2. The van der Waals surface area contributed by atoms with Crippen LogP contribution in [0, 0.1) is 0 Å². The van der Waals surface area contributed by atoms with Crippen LogP contribution in [0.1, 0.15) is 72.1 Å². The average molecular weight is 432 g/mol. The molecule has 1 aromatic heterocycles. The fraction of sp³-hybridized carbons (Fsp3) is 0.824. The summed E-state index contributed by atoms with van der Waals surface area (Å²) in [5.74, 6) is 0. The summed E-state index contributed by atoms with van der Waals surface area (Å²) in [6.07, 6.45) is 14.9. The highest BCUT2D eigenvalue weighted by Crippen LogP contribution is 2.43. The molecule has 11 heteroatoms. The van der Waals surface area contributed by atoms with Gasteiger partial charge in [-0.15, -0.1) is 0 Å². The largest absolute Gasteiger partial charge is 0.673 e. The Balaban J connectivity index is 0.00000129. The summed E-state index contributed by atoms with van der Waals surface area (Å²) < 4.78 is 54.7. The number of imidazole rings is 1. The molecule has 28 heavy (non-hydrogen) atoms. The lowest BCUT2D eigenvalue weighted by atomic mass is 9.95. The lowest BCUT2D eigenvalue weighted by Crippen LogP contribution is -2.38. The van der Waals surface area contributed by atoms with E-state index in [4.69, 9.17) is 0 Å². The van der Waals surface area contributed by atoms with Gasteiger partial charge in [-0.25, -0.2) is 9.13 Å². The van der Waals surface area contributed by atoms with Crippen molar-refractivity contribution in [2.75, 3.05) is 6.16 Å². The maximum absolute atomic E-state index is 11.5. The maximum atomic E-state index is 11.5.